The molecule has 27 heavy (non-hydrogen) atoms. The molecule has 0 radical (unpaired) electrons. The van der Waals surface area contributed by atoms with Crippen molar-refractivity contribution in [2.75, 3.05) is 24.5 Å². The zero-order chi connectivity index (χ0) is 20.5. The van der Waals surface area contributed by atoms with Crippen LogP contribution in [0, 0.1) is 10.1 Å². The molecule has 1 aliphatic rings. The number of aromatic carboxylic acids is 1. The largest absolute Gasteiger partial charge is 0.476 e. The molecule has 0 spiro atoms. The summed E-state index contributed by atoms with van der Waals surface area (Å²) in [6.45, 7) is 7.62. The summed E-state index contributed by atoms with van der Waals surface area (Å²) in [7, 11) is 0. The van der Waals surface area contributed by atoms with Crippen molar-refractivity contribution in [2.24, 2.45) is 0 Å². The van der Waals surface area contributed by atoms with Gasteiger partial charge in [-0.2, -0.15) is 4.98 Å². The molecule has 1 saturated heterocycles. The predicted octanol–water partition coefficient (Wildman–Crippen LogP) is 2.18. The second kappa shape index (κ2) is 7.51. The van der Waals surface area contributed by atoms with Crippen LogP contribution in [0.5, 0.6) is 0 Å². The third-order valence-corrected chi connectivity index (χ3v) is 3.94. The van der Waals surface area contributed by atoms with E-state index in [-0.39, 0.29) is 25.5 Å². The lowest BCUT2D eigenvalue weighted by Crippen LogP contribution is -2.55. The zero-order valence-corrected chi connectivity index (χ0v) is 16.1. The SMILES string of the molecule is CC1CN(C(=O)OC(C)(C)C)CCN1c1nc(Cl)nc(C(=O)O)c1[N+](=O)[O-]. The Balaban J connectivity index is 2.32. The van der Waals surface area contributed by atoms with Gasteiger partial charge in [0.25, 0.3) is 0 Å². The number of carbonyl (C=O) groups excluding carboxylic acids is 1. The standard InChI is InChI=1S/C15H20ClN5O6/c1-8-7-19(14(24)27-15(2,3)4)5-6-20(8)11-10(21(25)26)9(12(22)23)17-13(16)18-11/h8H,5-7H2,1-4H3,(H,22,23). The smallest absolute Gasteiger partial charge is 0.410 e. The second-order valence-electron chi connectivity index (χ2n) is 7.04. The number of hydrogen-bond donors (Lipinski definition) is 1. The van der Waals surface area contributed by atoms with Crippen LogP contribution in [0.1, 0.15) is 38.2 Å². The molecule has 1 aromatic heterocycles. The topological polar surface area (TPSA) is 139 Å². The highest BCUT2D eigenvalue weighted by atomic mass is 35.5. The summed E-state index contributed by atoms with van der Waals surface area (Å²) in [4.78, 5) is 44.5. The normalized spacial score (nSPS) is 17.6. The average Bonchev–Trinajstić information content (AvgIpc) is 2.51. The van der Waals surface area contributed by atoms with Gasteiger partial charge < -0.3 is 19.6 Å². The molecule has 0 bridgehead atoms. The molecular weight excluding hydrogens is 382 g/mol. The number of ether oxygens (including phenoxy) is 1. The van der Waals surface area contributed by atoms with Crippen LogP contribution in [0.3, 0.4) is 0 Å². The van der Waals surface area contributed by atoms with E-state index in [2.05, 4.69) is 9.97 Å². The molecule has 0 aliphatic carbocycles. The van der Waals surface area contributed by atoms with E-state index in [1.54, 1.807) is 32.6 Å². The molecule has 1 atom stereocenters. The van der Waals surface area contributed by atoms with Gasteiger partial charge >= 0.3 is 17.7 Å². The fraction of sp³-hybridized carbons (Fsp3) is 0.600. The summed E-state index contributed by atoms with van der Waals surface area (Å²) in [5.74, 6) is -1.76. The first-order valence-corrected chi connectivity index (χ1v) is 8.48. The molecule has 11 nitrogen and oxygen atoms in total. The molecule has 1 aromatic rings. The van der Waals surface area contributed by atoms with Gasteiger partial charge in [-0.3, -0.25) is 10.1 Å². The zero-order valence-electron chi connectivity index (χ0n) is 15.3. The van der Waals surface area contributed by atoms with Crippen molar-refractivity contribution in [2.45, 2.75) is 39.3 Å². The number of carboxylic acid groups (broad SMARTS) is 1. The minimum Gasteiger partial charge on any atom is -0.476 e. The Labute approximate surface area is 160 Å². The number of aromatic nitrogens is 2. The maximum Gasteiger partial charge on any atom is 0.410 e. The third-order valence-electron chi connectivity index (χ3n) is 3.77. The van der Waals surface area contributed by atoms with E-state index in [9.17, 15) is 24.8 Å². The van der Waals surface area contributed by atoms with E-state index in [0.717, 1.165) is 0 Å². The van der Waals surface area contributed by atoms with Crippen molar-refractivity contribution in [1.82, 2.24) is 14.9 Å². The Morgan fingerprint density at radius 1 is 1.33 bits per heavy atom. The van der Waals surface area contributed by atoms with E-state index >= 15 is 0 Å². The fourth-order valence-corrected chi connectivity index (χ4v) is 2.86. The minimum absolute atomic E-state index is 0.186. The number of rotatable bonds is 3. The van der Waals surface area contributed by atoms with Crippen molar-refractivity contribution < 1.29 is 24.4 Å². The quantitative estimate of drug-likeness (QED) is 0.458. The number of carbonyl (C=O) groups is 2. The van der Waals surface area contributed by atoms with Gasteiger partial charge in [0.1, 0.15) is 5.60 Å². The van der Waals surface area contributed by atoms with Crippen LogP contribution in [0.2, 0.25) is 5.28 Å². The predicted molar refractivity (Wildman–Crippen MR) is 95.3 cm³/mol. The molecule has 1 amide bonds. The molecule has 148 valence electrons. The van der Waals surface area contributed by atoms with Gasteiger partial charge in [0, 0.05) is 25.7 Å². The lowest BCUT2D eigenvalue weighted by molar-refractivity contribution is -0.385. The minimum atomic E-state index is -1.58. The van der Waals surface area contributed by atoms with Crippen LogP contribution in [0.15, 0.2) is 0 Å². The first-order valence-electron chi connectivity index (χ1n) is 8.10. The summed E-state index contributed by atoms with van der Waals surface area (Å²) in [5.41, 5.74) is -2.16. The van der Waals surface area contributed by atoms with Gasteiger partial charge in [0.05, 0.1) is 4.92 Å². The summed E-state index contributed by atoms with van der Waals surface area (Å²) in [6.07, 6.45) is -0.490. The van der Waals surface area contributed by atoms with E-state index in [4.69, 9.17) is 16.3 Å². The summed E-state index contributed by atoms with van der Waals surface area (Å²) in [6, 6.07) is -0.391. The van der Waals surface area contributed by atoms with Gasteiger partial charge in [0.2, 0.25) is 16.8 Å². The van der Waals surface area contributed by atoms with Crippen molar-refractivity contribution in [3.05, 3.63) is 21.1 Å². The average molecular weight is 402 g/mol. The monoisotopic (exact) mass is 401 g/mol. The Morgan fingerprint density at radius 2 is 1.96 bits per heavy atom. The number of hydrogen-bond acceptors (Lipinski definition) is 8. The summed E-state index contributed by atoms with van der Waals surface area (Å²) < 4.78 is 5.33. The Hall–Kier alpha value is -2.69. The van der Waals surface area contributed by atoms with Crippen LogP contribution in [0.4, 0.5) is 16.3 Å². The van der Waals surface area contributed by atoms with Crippen LogP contribution >= 0.6 is 11.6 Å². The van der Waals surface area contributed by atoms with Crippen LogP contribution < -0.4 is 4.90 Å². The number of amides is 1. The molecule has 0 aromatic carbocycles. The molecule has 1 aliphatic heterocycles. The van der Waals surface area contributed by atoms with Gasteiger partial charge in [-0.25, -0.2) is 14.6 Å². The number of anilines is 1. The highest BCUT2D eigenvalue weighted by molar-refractivity contribution is 6.28. The molecular formula is C15H20ClN5O6. The molecule has 1 unspecified atom stereocenters. The van der Waals surface area contributed by atoms with Crippen molar-refractivity contribution in [3.63, 3.8) is 0 Å². The second-order valence-corrected chi connectivity index (χ2v) is 7.38. The van der Waals surface area contributed by atoms with Crippen molar-refractivity contribution >= 4 is 35.2 Å². The van der Waals surface area contributed by atoms with Crippen molar-refractivity contribution in [1.29, 1.82) is 0 Å². The Morgan fingerprint density at radius 3 is 2.44 bits per heavy atom. The molecule has 2 rings (SSSR count). The molecule has 2 heterocycles. The fourth-order valence-electron chi connectivity index (χ4n) is 2.70. The first kappa shape index (κ1) is 20.6. The molecule has 1 fully saturated rings. The van der Waals surface area contributed by atoms with Crippen LogP contribution in [0.25, 0.3) is 0 Å². The van der Waals surface area contributed by atoms with Gasteiger partial charge in [-0.1, -0.05) is 0 Å². The Kier molecular flexibility index (Phi) is 5.73. The van der Waals surface area contributed by atoms with Gasteiger partial charge in [-0.05, 0) is 39.3 Å². The number of halogens is 1. The molecule has 0 saturated carbocycles. The maximum absolute atomic E-state index is 12.2. The van der Waals surface area contributed by atoms with E-state index in [0.29, 0.717) is 0 Å². The number of carboxylic acids is 1. The molecule has 1 N–H and O–H groups in total. The number of nitrogens with zero attached hydrogens (tertiary/aromatic N) is 5. The Bertz CT molecular complexity index is 781. The number of nitro groups is 1. The summed E-state index contributed by atoms with van der Waals surface area (Å²) >= 11 is 5.77. The lowest BCUT2D eigenvalue weighted by atomic mass is 10.1. The van der Waals surface area contributed by atoms with E-state index in [1.807, 2.05) is 0 Å². The number of piperazine rings is 1. The highest BCUT2D eigenvalue weighted by Gasteiger charge is 2.37. The van der Waals surface area contributed by atoms with Crippen molar-refractivity contribution in [3.8, 4) is 0 Å². The van der Waals surface area contributed by atoms with Gasteiger partial charge in [-0.15, -0.1) is 0 Å². The van der Waals surface area contributed by atoms with E-state index < -0.39 is 45.3 Å². The molecule has 12 heteroatoms. The first-order chi connectivity index (χ1) is 12.4. The van der Waals surface area contributed by atoms with E-state index in [1.165, 1.54) is 4.90 Å². The van der Waals surface area contributed by atoms with Gasteiger partial charge in [0.15, 0.2) is 0 Å². The lowest BCUT2D eigenvalue weighted by Gasteiger charge is -2.40. The summed E-state index contributed by atoms with van der Waals surface area (Å²) in [5, 5.41) is 20.2. The highest BCUT2D eigenvalue weighted by Crippen LogP contribution is 2.32. The van der Waals surface area contributed by atoms with Crippen LogP contribution in [-0.4, -0.2) is 68.2 Å². The third kappa shape index (κ3) is 4.73. The maximum atomic E-state index is 12.2. The van der Waals surface area contributed by atoms with Crippen LogP contribution in [-0.2, 0) is 4.74 Å².